The van der Waals surface area contributed by atoms with E-state index >= 15 is 0 Å². The average molecular weight is 1600 g/mol. The monoisotopic (exact) mass is 1600 g/mol. The zero-order chi connectivity index (χ0) is 82.4. The van der Waals surface area contributed by atoms with Gasteiger partial charge in [-0.3, -0.25) is 0 Å². The average Bonchev–Trinajstić information content (AvgIpc) is 1.49. The molecule has 584 valence electrons. The third kappa shape index (κ3) is 11.1. The highest BCUT2D eigenvalue weighted by atomic mass is 32.1. The second kappa shape index (κ2) is 28.8. The molecule has 4 aliphatic rings. The molecule has 0 radical (unpaired) electrons. The Bertz CT molecular complexity index is 7730. The molecule has 1 unspecified atom stereocenters. The number of hydrogen-bond acceptors (Lipinski definition) is 4. The number of furan rings is 1. The van der Waals surface area contributed by atoms with Gasteiger partial charge in [0.05, 0.1) is 21.2 Å². The fourth-order valence-corrected chi connectivity index (χ4v) is 22.8. The number of para-hydroxylation sites is 3. The van der Waals surface area contributed by atoms with E-state index in [9.17, 15) is 0 Å². The van der Waals surface area contributed by atoms with Crippen molar-refractivity contribution in [1.82, 2.24) is 0 Å². The van der Waals surface area contributed by atoms with Crippen molar-refractivity contribution in [3.05, 3.63) is 504 Å². The van der Waals surface area contributed by atoms with Crippen molar-refractivity contribution in [1.29, 1.82) is 0 Å². The van der Waals surface area contributed by atoms with E-state index in [1.54, 1.807) is 0 Å². The van der Waals surface area contributed by atoms with Gasteiger partial charge < -0.3 is 14.2 Å². The second-order valence-corrected chi connectivity index (χ2v) is 35.1. The second-order valence-electron chi connectivity index (χ2n) is 34.1. The SMILES string of the molecule is CC1(C)c2ccccc2-c2ccc(N(c3ccc(-c4ccccc4)cc3)c3ccc(-c4cc(-c5ccc6c(c5)C5(c7ccccc7-c7ccccc75)c5ccccc5-6)cc5c4oc4ccccc45)cc3)cc21.Cc1ccccc1C1(c2ccccc2)c2ccccc2-c2ccc(-c3cc(N(c4ccccc4)c4ccccc4)c4sc5ccccc5c4c3)cc21. The van der Waals surface area contributed by atoms with Crippen molar-refractivity contribution in [3.8, 4) is 89.0 Å². The van der Waals surface area contributed by atoms with Crippen LogP contribution in [0.3, 0.4) is 0 Å². The van der Waals surface area contributed by atoms with Gasteiger partial charge in [0.2, 0.25) is 0 Å². The normalized spacial score (nSPS) is 14.2. The van der Waals surface area contributed by atoms with E-state index in [1.165, 1.54) is 159 Å². The van der Waals surface area contributed by atoms with Gasteiger partial charge in [-0.25, -0.2) is 0 Å². The van der Waals surface area contributed by atoms with Crippen molar-refractivity contribution in [2.24, 2.45) is 0 Å². The first-order valence-corrected chi connectivity index (χ1v) is 43.9. The molecule has 124 heavy (non-hydrogen) atoms. The van der Waals surface area contributed by atoms with Crippen LogP contribution in [0, 0.1) is 6.92 Å². The van der Waals surface area contributed by atoms with Gasteiger partial charge in [0.1, 0.15) is 11.2 Å². The van der Waals surface area contributed by atoms with Crippen LogP contribution in [0.4, 0.5) is 34.1 Å². The van der Waals surface area contributed by atoms with Crippen LogP contribution < -0.4 is 9.80 Å². The largest absolute Gasteiger partial charge is 0.455 e. The third-order valence-electron chi connectivity index (χ3n) is 27.2. The lowest BCUT2D eigenvalue weighted by Gasteiger charge is -2.35. The lowest BCUT2D eigenvalue weighted by Crippen LogP contribution is -2.29. The Morgan fingerprint density at radius 1 is 0.234 bits per heavy atom. The molecule has 0 amide bonds. The number of fused-ring (bicyclic) bond motifs is 22. The van der Waals surface area contributed by atoms with Crippen molar-refractivity contribution in [2.75, 3.05) is 9.80 Å². The Morgan fingerprint density at radius 2 is 0.637 bits per heavy atom. The molecule has 1 spiro atoms. The fourth-order valence-electron chi connectivity index (χ4n) is 21.6. The molecule has 0 saturated carbocycles. The number of anilines is 6. The first-order valence-electron chi connectivity index (χ1n) is 43.1. The zero-order valence-corrected chi connectivity index (χ0v) is 69.7. The van der Waals surface area contributed by atoms with Gasteiger partial charge in [0.25, 0.3) is 0 Å². The molecular formula is C120H82N2OS. The molecule has 1 atom stereocenters. The predicted octanol–water partition coefficient (Wildman–Crippen LogP) is 32.6. The Labute approximate surface area is 726 Å². The molecule has 25 rings (SSSR count). The molecule has 19 aromatic carbocycles. The lowest BCUT2D eigenvalue weighted by molar-refractivity contribution is 0.660. The Morgan fingerprint density at radius 3 is 1.23 bits per heavy atom. The highest BCUT2D eigenvalue weighted by Gasteiger charge is 2.52. The van der Waals surface area contributed by atoms with Gasteiger partial charge in [0.15, 0.2) is 0 Å². The summed E-state index contributed by atoms with van der Waals surface area (Å²) >= 11 is 1.88. The maximum absolute atomic E-state index is 6.84. The summed E-state index contributed by atoms with van der Waals surface area (Å²) < 4.78 is 9.42. The van der Waals surface area contributed by atoms with E-state index in [0.29, 0.717) is 0 Å². The maximum Gasteiger partial charge on any atom is 0.143 e. The van der Waals surface area contributed by atoms with Crippen LogP contribution in [0.1, 0.15) is 75.0 Å². The highest BCUT2D eigenvalue weighted by molar-refractivity contribution is 7.26. The quantitative estimate of drug-likeness (QED) is 0.122. The molecule has 0 saturated heterocycles. The standard InChI is InChI=1S/C70H47NO.C50H35NS/c1-69(2)61-23-11-6-18-52(61)56-39-37-51(43-65(56)69)71(49-33-28-45(29-34-49)44-16-4-3-5-17-44)50-35-30-46(31-36-50)59-40-48(41-60-58-22-10-15-27-67(58)72-68(59)60)47-32-38-57-55-21-9-14-26-64(55)70(66(57)42-47)62-24-12-7-19-53(62)54-20-8-13-25-63(54)70;1-34-17-11-14-26-44(34)50(37-18-5-2-6-19-37)45-27-15-12-24-40(45)41-30-29-35(32-46(41)50)36-31-43-42-25-13-16-28-48(42)52-49(43)47(33-36)51(38-20-7-3-8-21-38)39-22-9-4-10-23-39/h3-43H,1-2H3;2-33H,1H3. The summed E-state index contributed by atoms with van der Waals surface area (Å²) in [6, 6.07) is 164. The molecule has 21 aromatic rings. The van der Waals surface area contributed by atoms with E-state index in [-0.39, 0.29) is 5.41 Å². The van der Waals surface area contributed by atoms with Crippen LogP contribution in [-0.2, 0) is 16.2 Å². The minimum absolute atomic E-state index is 0.132. The van der Waals surface area contributed by atoms with Crippen LogP contribution >= 0.6 is 11.3 Å². The van der Waals surface area contributed by atoms with Gasteiger partial charge in [-0.1, -0.05) is 347 Å². The fraction of sp³-hybridized carbons (Fsp3) is 0.0500. The number of benzene rings is 19. The summed E-state index contributed by atoms with van der Waals surface area (Å²) in [4.78, 5) is 4.83. The summed E-state index contributed by atoms with van der Waals surface area (Å²) in [5, 5.41) is 4.79. The van der Waals surface area contributed by atoms with Crippen molar-refractivity contribution < 1.29 is 4.42 Å². The first kappa shape index (κ1) is 72.8. The van der Waals surface area contributed by atoms with E-state index in [2.05, 4.69) is 473 Å². The minimum atomic E-state index is -0.462. The van der Waals surface area contributed by atoms with Gasteiger partial charge >= 0.3 is 0 Å². The molecule has 2 aromatic heterocycles. The van der Waals surface area contributed by atoms with Crippen molar-refractivity contribution >= 4 is 87.6 Å². The van der Waals surface area contributed by atoms with E-state index in [0.717, 1.165) is 67.1 Å². The molecule has 0 fully saturated rings. The number of thiophene rings is 1. The van der Waals surface area contributed by atoms with Gasteiger partial charge in [0, 0.05) is 65.7 Å². The molecule has 0 bridgehead atoms. The van der Waals surface area contributed by atoms with Crippen LogP contribution in [-0.4, -0.2) is 0 Å². The van der Waals surface area contributed by atoms with Gasteiger partial charge in [-0.05, 0) is 261 Å². The summed E-state index contributed by atoms with van der Waals surface area (Å²) in [6.45, 7) is 6.97. The Kier molecular flexibility index (Phi) is 16.9. The van der Waals surface area contributed by atoms with E-state index in [4.69, 9.17) is 4.42 Å². The third-order valence-corrected chi connectivity index (χ3v) is 28.4. The first-order chi connectivity index (χ1) is 61.2. The topological polar surface area (TPSA) is 19.6 Å². The predicted molar refractivity (Wildman–Crippen MR) is 520 cm³/mol. The van der Waals surface area contributed by atoms with Crippen LogP contribution in [0.2, 0.25) is 0 Å². The van der Waals surface area contributed by atoms with Crippen molar-refractivity contribution in [3.63, 3.8) is 0 Å². The summed E-state index contributed by atoms with van der Waals surface area (Å²) in [7, 11) is 0. The molecule has 0 aliphatic heterocycles. The molecular weight excluding hydrogens is 1520 g/mol. The van der Waals surface area contributed by atoms with Gasteiger partial charge in [-0.15, -0.1) is 11.3 Å². The van der Waals surface area contributed by atoms with Crippen LogP contribution in [0.5, 0.6) is 0 Å². The van der Waals surface area contributed by atoms with Crippen LogP contribution in [0.25, 0.3) is 131 Å². The van der Waals surface area contributed by atoms with Gasteiger partial charge in [-0.2, -0.15) is 0 Å². The zero-order valence-electron chi connectivity index (χ0n) is 68.9. The summed E-state index contributed by atoms with van der Waals surface area (Å²) in [5.74, 6) is 0. The maximum atomic E-state index is 6.84. The molecule has 0 N–H and O–H groups in total. The Balaban J connectivity index is 0.000000147. The highest BCUT2D eigenvalue weighted by Crippen LogP contribution is 2.64. The number of aryl methyl sites for hydroxylation is 1. The van der Waals surface area contributed by atoms with E-state index < -0.39 is 10.8 Å². The minimum Gasteiger partial charge on any atom is -0.455 e. The summed E-state index contributed by atoms with van der Waals surface area (Å²) in [5.41, 5.74) is 41.9. The number of rotatable bonds is 12. The summed E-state index contributed by atoms with van der Waals surface area (Å²) in [6.07, 6.45) is 0. The van der Waals surface area contributed by atoms with E-state index in [1.807, 2.05) is 11.3 Å². The van der Waals surface area contributed by atoms with Crippen molar-refractivity contribution in [2.45, 2.75) is 37.0 Å². The number of hydrogen-bond donors (Lipinski definition) is 0. The molecule has 4 aliphatic carbocycles. The Hall–Kier alpha value is -15.2. The lowest BCUT2D eigenvalue weighted by atomic mass is 9.66. The smallest absolute Gasteiger partial charge is 0.143 e. The van der Waals surface area contributed by atoms with Crippen LogP contribution in [0.15, 0.2) is 447 Å². The molecule has 2 heterocycles. The molecule has 3 nitrogen and oxygen atoms in total. The number of nitrogens with zero attached hydrogens (tertiary/aromatic N) is 2. The molecule has 4 heteroatoms.